The Bertz CT molecular complexity index is 478. The molecule has 0 atom stereocenters. The van der Waals surface area contributed by atoms with Crippen LogP contribution in [0.4, 0.5) is 0 Å². The van der Waals surface area contributed by atoms with Crippen molar-refractivity contribution in [3.05, 3.63) is 28.8 Å². The highest BCUT2D eigenvalue weighted by molar-refractivity contribution is 5.96. The Hall–Kier alpha value is -2.04. The average Bonchev–Trinajstić information content (AvgIpc) is 2.75. The Kier molecular flexibility index (Phi) is 2.99. The van der Waals surface area contributed by atoms with Crippen molar-refractivity contribution < 1.29 is 24.2 Å². The molecule has 1 heterocycles. The third-order valence-corrected chi connectivity index (χ3v) is 2.56. The van der Waals surface area contributed by atoms with Gasteiger partial charge in [0.05, 0.1) is 24.3 Å². The lowest BCUT2D eigenvalue weighted by Gasteiger charge is -2.07. The van der Waals surface area contributed by atoms with Crippen LogP contribution in [0.15, 0.2) is 12.1 Å². The number of carbonyl (C=O) groups is 2. The van der Waals surface area contributed by atoms with Gasteiger partial charge in [0.2, 0.25) is 0 Å². The quantitative estimate of drug-likeness (QED) is 0.805. The Morgan fingerprint density at radius 2 is 2.24 bits per heavy atom. The second-order valence-electron chi connectivity index (χ2n) is 3.62. The molecule has 0 bridgehead atoms. The first-order chi connectivity index (χ1) is 8.13. The number of aromatic carboxylic acids is 1. The van der Waals surface area contributed by atoms with Crippen LogP contribution in [0.2, 0.25) is 0 Å². The standard InChI is InChI=1S/C12H12O5/c1-2-16-12(15)7-5-9(11(13)14)8-3-4-17-10(8)6-7/h5-6H,2-4H2,1H3,(H,13,14). The van der Waals surface area contributed by atoms with Crippen molar-refractivity contribution in [3.63, 3.8) is 0 Å². The number of fused-ring (bicyclic) bond motifs is 1. The van der Waals surface area contributed by atoms with Crippen molar-refractivity contribution >= 4 is 11.9 Å². The fraction of sp³-hybridized carbons (Fsp3) is 0.333. The third-order valence-electron chi connectivity index (χ3n) is 2.56. The molecule has 0 saturated heterocycles. The fourth-order valence-corrected chi connectivity index (χ4v) is 1.82. The second-order valence-corrected chi connectivity index (χ2v) is 3.62. The maximum absolute atomic E-state index is 11.5. The lowest BCUT2D eigenvalue weighted by Crippen LogP contribution is -2.08. The van der Waals surface area contributed by atoms with E-state index in [1.54, 1.807) is 6.92 Å². The topological polar surface area (TPSA) is 72.8 Å². The number of benzene rings is 1. The van der Waals surface area contributed by atoms with E-state index >= 15 is 0 Å². The minimum Gasteiger partial charge on any atom is -0.493 e. The Morgan fingerprint density at radius 1 is 1.47 bits per heavy atom. The van der Waals surface area contributed by atoms with E-state index in [1.807, 2.05) is 0 Å². The molecule has 0 radical (unpaired) electrons. The maximum Gasteiger partial charge on any atom is 0.338 e. The van der Waals surface area contributed by atoms with Crippen molar-refractivity contribution in [1.82, 2.24) is 0 Å². The van der Waals surface area contributed by atoms with E-state index in [0.717, 1.165) is 0 Å². The number of hydrogen-bond donors (Lipinski definition) is 1. The highest BCUT2D eigenvalue weighted by atomic mass is 16.5. The number of hydrogen-bond acceptors (Lipinski definition) is 4. The molecule has 0 fully saturated rings. The van der Waals surface area contributed by atoms with E-state index in [9.17, 15) is 9.59 Å². The second kappa shape index (κ2) is 4.45. The van der Waals surface area contributed by atoms with E-state index in [-0.39, 0.29) is 17.7 Å². The normalized spacial score (nSPS) is 12.8. The SMILES string of the molecule is CCOC(=O)c1cc2c(c(C(=O)O)c1)CCO2. The monoisotopic (exact) mass is 236 g/mol. The van der Waals surface area contributed by atoms with Gasteiger partial charge in [-0.15, -0.1) is 0 Å². The number of carbonyl (C=O) groups excluding carboxylic acids is 1. The Balaban J connectivity index is 2.46. The molecule has 1 aromatic rings. The summed E-state index contributed by atoms with van der Waals surface area (Å²) < 4.78 is 10.1. The molecule has 0 aliphatic carbocycles. The summed E-state index contributed by atoms with van der Waals surface area (Å²) in [7, 11) is 0. The van der Waals surface area contributed by atoms with Crippen LogP contribution in [-0.4, -0.2) is 30.3 Å². The molecular weight excluding hydrogens is 224 g/mol. The lowest BCUT2D eigenvalue weighted by molar-refractivity contribution is 0.0526. The molecule has 0 amide bonds. The van der Waals surface area contributed by atoms with Crippen LogP contribution in [0, 0.1) is 0 Å². The Morgan fingerprint density at radius 3 is 2.88 bits per heavy atom. The van der Waals surface area contributed by atoms with Gasteiger partial charge < -0.3 is 14.6 Å². The lowest BCUT2D eigenvalue weighted by atomic mass is 10.0. The first kappa shape index (κ1) is 11.4. The fourth-order valence-electron chi connectivity index (χ4n) is 1.82. The van der Waals surface area contributed by atoms with Crippen LogP contribution in [0.3, 0.4) is 0 Å². The smallest absolute Gasteiger partial charge is 0.338 e. The van der Waals surface area contributed by atoms with Gasteiger partial charge in [-0.1, -0.05) is 0 Å². The maximum atomic E-state index is 11.5. The molecule has 90 valence electrons. The van der Waals surface area contributed by atoms with Crippen molar-refractivity contribution in [2.75, 3.05) is 13.2 Å². The first-order valence-electron chi connectivity index (χ1n) is 5.33. The summed E-state index contributed by atoms with van der Waals surface area (Å²) in [6.07, 6.45) is 0.556. The van der Waals surface area contributed by atoms with Gasteiger partial charge >= 0.3 is 11.9 Å². The summed E-state index contributed by atoms with van der Waals surface area (Å²) in [6, 6.07) is 2.88. The molecule has 1 aromatic carbocycles. The summed E-state index contributed by atoms with van der Waals surface area (Å²) in [4.78, 5) is 22.6. The van der Waals surface area contributed by atoms with Crippen LogP contribution >= 0.6 is 0 Å². The van der Waals surface area contributed by atoms with Crippen molar-refractivity contribution in [2.24, 2.45) is 0 Å². The van der Waals surface area contributed by atoms with Crippen LogP contribution in [0.1, 0.15) is 33.2 Å². The van der Waals surface area contributed by atoms with Gasteiger partial charge in [-0.25, -0.2) is 9.59 Å². The summed E-state index contributed by atoms with van der Waals surface area (Å²) in [6.45, 7) is 2.39. The third kappa shape index (κ3) is 2.08. The summed E-state index contributed by atoms with van der Waals surface area (Å²) in [5, 5.41) is 9.08. The zero-order chi connectivity index (χ0) is 12.4. The molecule has 1 N–H and O–H groups in total. The van der Waals surface area contributed by atoms with Gasteiger partial charge in [0.25, 0.3) is 0 Å². The van der Waals surface area contributed by atoms with Gasteiger partial charge in [0.15, 0.2) is 0 Å². The zero-order valence-corrected chi connectivity index (χ0v) is 9.36. The molecule has 0 spiro atoms. The molecule has 0 saturated carbocycles. The summed E-state index contributed by atoms with van der Waals surface area (Å²) in [5.74, 6) is -1.13. The predicted molar refractivity (Wildman–Crippen MR) is 58.6 cm³/mol. The van der Waals surface area contributed by atoms with Gasteiger partial charge in [0.1, 0.15) is 5.75 Å². The molecule has 1 aliphatic heterocycles. The minimum absolute atomic E-state index is 0.114. The van der Waals surface area contributed by atoms with Crippen LogP contribution in [0.5, 0.6) is 5.75 Å². The van der Waals surface area contributed by atoms with E-state index in [0.29, 0.717) is 24.3 Å². The van der Waals surface area contributed by atoms with Crippen molar-refractivity contribution in [1.29, 1.82) is 0 Å². The van der Waals surface area contributed by atoms with Gasteiger partial charge in [-0.05, 0) is 19.1 Å². The number of rotatable bonds is 3. The van der Waals surface area contributed by atoms with Crippen molar-refractivity contribution in [3.8, 4) is 5.75 Å². The Labute approximate surface area is 98.0 Å². The van der Waals surface area contributed by atoms with E-state index < -0.39 is 11.9 Å². The molecule has 2 rings (SSSR count). The molecule has 5 nitrogen and oxygen atoms in total. The molecular formula is C12H12O5. The molecule has 1 aliphatic rings. The number of carboxylic acid groups (broad SMARTS) is 1. The van der Waals surface area contributed by atoms with E-state index in [2.05, 4.69) is 0 Å². The van der Waals surface area contributed by atoms with Crippen molar-refractivity contribution in [2.45, 2.75) is 13.3 Å². The van der Waals surface area contributed by atoms with Crippen LogP contribution in [0.25, 0.3) is 0 Å². The van der Waals surface area contributed by atoms with Gasteiger partial charge in [-0.2, -0.15) is 0 Å². The summed E-state index contributed by atoms with van der Waals surface area (Å²) >= 11 is 0. The molecule has 0 unspecified atom stereocenters. The molecule has 0 aromatic heterocycles. The number of ether oxygens (including phenoxy) is 2. The highest BCUT2D eigenvalue weighted by Crippen LogP contribution is 2.30. The van der Waals surface area contributed by atoms with Crippen LogP contribution < -0.4 is 4.74 Å². The number of carboxylic acids is 1. The van der Waals surface area contributed by atoms with E-state index in [1.165, 1.54) is 12.1 Å². The molecule has 17 heavy (non-hydrogen) atoms. The molecule has 5 heteroatoms. The van der Waals surface area contributed by atoms with E-state index in [4.69, 9.17) is 14.6 Å². The largest absolute Gasteiger partial charge is 0.493 e. The van der Waals surface area contributed by atoms with Gasteiger partial charge in [-0.3, -0.25) is 0 Å². The highest BCUT2D eigenvalue weighted by Gasteiger charge is 2.23. The van der Waals surface area contributed by atoms with Gasteiger partial charge in [0, 0.05) is 12.0 Å². The predicted octanol–water partition coefficient (Wildman–Crippen LogP) is 1.50. The number of esters is 1. The summed E-state index contributed by atoms with van der Waals surface area (Å²) in [5.41, 5.74) is 0.971. The minimum atomic E-state index is -1.06. The van der Waals surface area contributed by atoms with Crippen LogP contribution in [-0.2, 0) is 11.2 Å². The average molecular weight is 236 g/mol. The zero-order valence-electron chi connectivity index (χ0n) is 9.36. The first-order valence-corrected chi connectivity index (χ1v) is 5.33.